The smallest absolute Gasteiger partial charge is 0.236 e. The number of methoxy groups -OCH3 is 1. The summed E-state index contributed by atoms with van der Waals surface area (Å²) in [5, 5.41) is 0. The average molecular weight is 280 g/mol. The molecule has 5 heteroatoms. The SMILES string of the molecule is COCCCN(C)C(=O)C(C(N)=S)c1ccccc1. The van der Waals surface area contributed by atoms with Crippen LogP contribution in [0.2, 0.25) is 0 Å². The van der Waals surface area contributed by atoms with Gasteiger partial charge in [0.25, 0.3) is 0 Å². The van der Waals surface area contributed by atoms with E-state index >= 15 is 0 Å². The molecule has 0 spiro atoms. The number of hydrogen-bond donors (Lipinski definition) is 1. The van der Waals surface area contributed by atoms with Crippen molar-refractivity contribution in [1.82, 2.24) is 4.90 Å². The number of carbonyl (C=O) groups is 1. The van der Waals surface area contributed by atoms with Gasteiger partial charge in [0.05, 0.1) is 4.99 Å². The molecule has 1 unspecified atom stereocenters. The Morgan fingerprint density at radius 1 is 1.42 bits per heavy atom. The lowest BCUT2D eigenvalue weighted by Crippen LogP contribution is -2.38. The normalized spacial score (nSPS) is 11.9. The fraction of sp³-hybridized carbons (Fsp3) is 0.429. The molecule has 0 heterocycles. The van der Waals surface area contributed by atoms with Crippen molar-refractivity contribution < 1.29 is 9.53 Å². The quantitative estimate of drug-likeness (QED) is 0.608. The van der Waals surface area contributed by atoms with E-state index in [1.165, 1.54) is 0 Å². The number of benzene rings is 1. The molecule has 1 aromatic carbocycles. The van der Waals surface area contributed by atoms with Crippen LogP contribution in [0.4, 0.5) is 0 Å². The molecule has 0 bridgehead atoms. The lowest BCUT2D eigenvalue weighted by molar-refractivity contribution is -0.130. The van der Waals surface area contributed by atoms with Crippen LogP contribution in [0.1, 0.15) is 17.9 Å². The number of ether oxygens (including phenoxy) is 1. The summed E-state index contributed by atoms with van der Waals surface area (Å²) < 4.78 is 4.98. The van der Waals surface area contributed by atoms with Gasteiger partial charge >= 0.3 is 0 Å². The molecule has 0 saturated carbocycles. The van der Waals surface area contributed by atoms with Crippen LogP contribution in [0.3, 0.4) is 0 Å². The Morgan fingerprint density at radius 3 is 2.58 bits per heavy atom. The van der Waals surface area contributed by atoms with Crippen molar-refractivity contribution in [1.29, 1.82) is 0 Å². The molecule has 1 rings (SSSR count). The van der Waals surface area contributed by atoms with Crippen LogP contribution >= 0.6 is 12.2 Å². The van der Waals surface area contributed by atoms with Gasteiger partial charge in [-0.2, -0.15) is 0 Å². The molecule has 0 aliphatic rings. The first-order chi connectivity index (χ1) is 9.07. The lowest BCUT2D eigenvalue weighted by atomic mass is 9.97. The van der Waals surface area contributed by atoms with E-state index in [2.05, 4.69) is 0 Å². The zero-order valence-electron chi connectivity index (χ0n) is 11.3. The van der Waals surface area contributed by atoms with E-state index in [9.17, 15) is 4.79 Å². The van der Waals surface area contributed by atoms with E-state index in [-0.39, 0.29) is 10.9 Å². The molecule has 0 fully saturated rings. The molecule has 104 valence electrons. The van der Waals surface area contributed by atoms with E-state index < -0.39 is 5.92 Å². The zero-order chi connectivity index (χ0) is 14.3. The highest BCUT2D eigenvalue weighted by Gasteiger charge is 2.26. The summed E-state index contributed by atoms with van der Waals surface area (Å²) in [6.07, 6.45) is 0.789. The maximum atomic E-state index is 12.4. The van der Waals surface area contributed by atoms with E-state index in [0.29, 0.717) is 13.2 Å². The van der Waals surface area contributed by atoms with Crippen molar-refractivity contribution in [3.8, 4) is 0 Å². The van der Waals surface area contributed by atoms with Gasteiger partial charge in [0.2, 0.25) is 5.91 Å². The summed E-state index contributed by atoms with van der Waals surface area (Å²) in [5.74, 6) is -0.626. The molecular weight excluding hydrogens is 260 g/mol. The number of thiocarbonyl (C=S) groups is 1. The molecule has 1 amide bonds. The standard InChI is InChI=1S/C14H20N2O2S/c1-16(9-6-10-18-2)14(17)12(13(15)19)11-7-4-3-5-8-11/h3-5,7-8,12H,6,9-10H2,1-2H3,(H2,15,19). The van der Waals surface area contributed by atoms with E-state index in [4.69, 9.17) is 22.7 Å². The first kappa shape index (κ1) is 15.6. The number of likely N-dealkylation sites (N-methyl/N-ethyl adjacent to an activating group) is 1. The summed E-state index contributed by atoms with van der Waals surface area (Å²) in [6.45, 7) is 1.25. The Morgan fingerprint density at radius 2 is 2.05 bits per heavy atom. The van der Waals surface area contributed by atoms with Crippen LogP contribution in [0.5, 0.6) is 0 Å². The number of amides is 1. The summed E-state index contributed by atoms with van der Waals surface area (Å²) in [4.78, 5) is 14.2. The van der Waals surface area contributed by atoms with Crippen molar-refractivity contribution in [2.24, 2.45) is 5.73 Å². The molecule has 0 aliphatic heterocycles. The molecule has 0 aromatic heterocycles. The minimum absolute atomic E-state index is 0.0743. The predicted octanol–water partition coefficient (Wildman–Crippen LogP) is 1.55. The van der Waals surface area contributed by atoms with E-state index in [1.807, 2.05) is 30.3 Å². The van der Waals surface area contributed by atoms with E-state index in [1.54, 1.807) is 19.1 Å². The third-order valence-electron chi connectivity index (χ3n) is 2.88. The van der Waals surface area contributed by atoms with Gasteiger partial charge in [0.15, 0.2) is 0 Å². The first-order valence-electron chi connectivity index (χ1n) is 6.16. The van der Waals surface area contributed by atoms with Crippen molar-refractivity contribution >= 4 is 23.1 Å². The predicted molar refractivity (Wildman–Crippen MR) is 80.1 cm³/mol. The highest BCUT2D eigenvalue weighted by Crippen LogP contribution is 2.18. The summed E-state index contributed by atoms with van der Waals surface area (Å²) in [6, 6.07) is 9.37. The minimum atomic E-state index is -0.552. The molecule has 1 atom stereocenters. The van der Waals surface area contributed by atoms with E-state index in [0.717, 1.165) is 12.0 Å². The number of hydrogen-bond acceptors (Lipinski definition) is 3. The largest absolute Gasteiger partial charge is 0.392 e. The topological polar surface area (TPSA) is 55.6 Å². The second-order valence-electron chi connectivity index (χ2n) is 4.35. The van der Waals surface area contributed by atoms with Gasteiger partial charge < -0.3 is 15.4 Å². The fourth-order valence-electron chi connectivity index (χ4n) is 1.85. The van der Waals surface area contributed by atoms with Crippen LogP contribution in [-0.4, -0.2) is 43.1 Å². The van der Waals surface area contributed by atoms with Gasteiger partial charge in [-0.25, -0.2) is 0 Å². The van der Waals surface area contributed by atoms with Crippen molar-refractivity contribution in [3.63, 3.8) is 0 Å². The average Bonchev–Trinajstić information content (AvgIpc) is 2.39. The Balaban J connectivity index is 2.77. The molecule has 19 heavy (non-hydrogen) atoms. The summed E-state index contributed by atoms with van der Waals surface area (Å²) >= 11 is 5.04. The Labute approximate surface area is 119 Å². The van der Waals surface area contributed by atoms with Crippen LogP contribution in [0, 0.1) is 0 Å². The Hall–Kier alpha value is -1.46. The van der Waals surface area contributed by atoms with Gasteiger partial charge in [-0.1, -0.05) is 42.5 Å². The molecule has 2 N–H and O–H groups in total. The highest BCUT2D eigenvalue weighted by molar-refractivity contribution is 7.80. The molecule has 0 saturated heterocycles. The number of nitrogens with zero attached hydrogens (tertiary/aromatic N) is 1. The molecule has 0 aliphatic carbocycles. The molecule has 4 nitrogen and oxygen atoms in total. The third-order valence-corrected chi connectivity index (χ3v) is 3.12. The third kappa shape index (κ3) is 4.61. The van der Waals surface area contributed by atoms with Crippen molar-refractivity contribution in [3.05, 3.63) is 35.9 Å². The second kappa shape index (κ2) is 7.86. The monoisotopic (exact) mass is 280 g/mol. The van der Waals surface area contributed by atoms with Gasteiger partial charge in [-0.05, 0) is 12.0 Å². The number of nitrogens with two attached hydrogens (primary N) is 1. The molecule has 0 radical (unpaired) electrons. The maximum absolute atomic E-state index is 12.4. The van der Waals surface area contributed by atoms with Gasteiger partial charge in [0, 0.05) is 27.3 Å². The van der Waals surface area contributed by atoms with Crippen LogP contribution in [0.15, 0.2) is 30.3 Å². The van der Waals surface area contributed by atoms with Crippen LogP contribution in [-0.2, 0) is 9.53 Å². The zero-order valence-corrected chi connectivity index (χ0v) is 12.2. The van der Waals surface area contributed by atoms with Crippen molar-refractivity contribution in [2.75, 3.05) is 27.3 Å². The maximum Gasteiger partial charge on any atom is 0.236 e. The minimum Gasteiger partial charge on any atom is -0.392 e. The Bertz CT molecular complexity index is 423. The summed E-state index contributed by atoms with van der Waals surface area (Å²) in [7, 11) is 3.40. The van der Waals surface area contributed by atoms with Gasteiger partial charge in [-0.15, -0.1) is 0 Å². The fourth-order valence-corrected chi connectivity index (χ4v) is 2.09. The summed E-state index contributed by atoms with van der Waals surface area (Å²) in [5.41, 5.74) is 6.55. The highest BCUT2D eigenvalue weighted by atomic mass is 32.1. The van der Waals surface area contributed by atoms with Crippen molar-refractivity contribution in [2.45, 2.75) is 12.3 Å². The van der Waals surface area contributed by atoms with Gasteiger partial charge in [0.1, 0.15) is 5.92 Å². The first-order valence-corrected chi connectivity index (χ1v) is 6.57. The Kier molecular flexibility index (Phi) is 6.45. The lowest BCUT2D eigenvalue weighted by Gasteiger charge is -2.23. The second-order valence-corrected chi connectivity index (χ2v) is 4.82. The number of rotatable bonds is 7. The molecular formula is C14H20N2O2S. The number of carbonyl (C=O) groups excluding carboxylic acids is 1. The van der Waals surface area contributed by atoms with Gasteiger partial charge in [-0.3, -0.25) is 4.79 Å². The van der Waals surface area contributed by atoms with Crippen LogP contribution < -0.4 is 5.73 Å². The molecule has 1 aromatic rings. The van der Waals surface area contributed by atoms with Crippen LogP contribution in [0.25, 0.3) is 0 Å².